The van der Waals surface area contributed by atoms with Crippen LogP contribution in [0.1, 0.15) is 47.0 Å². The molecule has 0 radical (unpaired) electrons. The first-order valence-electron chi connectivity index (χ1n) is 7.39. The molecule has 1 aliphatic rings. The van der Waals surface area contributed by atoms with Gasteiger partial charge in [-0.2, -0.15) is 0 Å². The number of carbonyl (C=O) groups excluding carboxylic acids is 1. The fourth-order valence-electron chi connectivity index (χ4n) is 3.24. The van der Waals surface area contributed by atoms with Gasteiger partial charge in [0, 0.05) is 11.0 Å². The van der Waals surface area contributed by atoms with E-state index in [0.29, 0.717) is 36.8 Å². The molecule has 20 heavy (non-hydrogen) atoms. The Labute approximate surface area is 121 Å². The van der Waals surface area contributed by atoms with Gasteiger partial charge in [0.2, 0.25) is 0 Å². The number of hydrogen-bond acceptors (Lipinski definition) is 3. The maximum Gasteiger partial charge on any atom is 0.331 e. The van der Waals surface area contributed by atoms with Crippen LogP contribution in [0.2, 0.25) is 0 Å². The van der Waals surface area contributed by atoms with Gasteiger partial charge in [-0.3, -0.25) is 4.79 Å². The van der Waals surface area contributed by atoms with Crippen LogP contribution in [0.25, 0.3) is 0 Å². The number of rotatable bonds is 6. The number of aliphatic carboxylic acids is 1. The molecule has 4 heteroatoms. The van der Waals surface area contributed by atoms with Crippen molar-refractivity contribution in [1.82, 2.24) is 0 Å². The molecule has 0 unspecified atom stereocenters. The van der Waals surface area contributed by atoms with Crippen molar-refractivity contribution in [1.29, 1.82) is 0 Å². The van der Waals surface area contributed by atoms with Crippen molar-refractivity contribution in [2.75, 3.05) is 6.54 Å². The lowest BCUT2D eigenvalue weighted by Gasteiger charge is -2.41. The van der Waals surface area contributed by atoms with Crippen LogP contribution in [0.3, 0.4) is 0 Å². The Morgan fingerprint density at radius 3 is 2.45 bits per heavy atom. The first-order chi connectivity index (χ1) is 9.24. The predicted molar refractivity (Wildman–Crippen MR) is 79.2 cm³/mol. The van der Waals surface area contributed by atoms with E-state index in [4.69, 9.17) is 10.8 Å². The highest BCUT2D eigenvalue weighted by atomic mass is 16.4. The van der Waals surface area contributed by atoms with Gasteiger partial charge in [0.05, 0.1) is 0 Å². The second kappa shape index (κ2) is 6.53. The molecule has 3 N–H and O–H groups in total. The summed E-state index contributed by atoms with van der Waals surface area (Å²) in [4.78, 5) is 23.3. The third-order valence-corrected chi connectivity index (χ3v) is 5.17. The van der Waals surface area contributed by atoms with Crippen LogP contribution in [0.4, 0.5) is 0 Å². The van der Waals surface area contributed by atoms with Crippen LogP contribution in [0, 0.1) is 23.2 Å². The van der Waals surface area contributed by atoms with E-state index >= 15 is 0 Å². The van der Waals surface area contributed by atoms with Crippen LogP contribution in [-0.4, -0.2) is 23.4 Å². The number of allylic oxidation sites excluding steroid dienone is 1. The van der Waals surface area contributed by atoms with Gasteiger partial charge in [-0.15, -0.1) is 0 Å². The minimum absolute atomic E-state index is 0.0349. The lowest BCUT2D eigenvalue weighted by atomic mass is 9.61. The number of ketones is 1. The van der Waals surface area contributed by atoms with E-state index in [0.717, 1.165) is 6.42 Å². The fourth-order valence-corrected chi connectivity index (χ4v) is 3.24. The molecule has 0 amide bonds. The second-order valence-corrected chi connectivity index (χ2v) is 6.39. The monoisotopic (exact) mass is 281 g/mol. The van der Waals surface area contributed by atoms with Gasteiger partial charge in [-0.05, 0) is 50.5 Å². The Morgan fingerprint density at radius 2 is 2.05 bits per heavy atom. The molecule has 0 saturated heterocycles. The number of Topliss-reactive ketones (excluding diaryl/α,β-unsaturated/α-hetero) is 1. The normalized spacial score (nSPS) is 29.4. The van der Waals surface area contributed by atoms with Crippen LogP contribution >= 0.6 is 0 Å². The van der Waals surface area contributed by atoms with E-state index in [1.807, 2.05) is 6.92 Å². The van der Waals surface area contributed by atoms with Crippen molar-refractivity contribution >= 4 is 11.8 Å². The Bertz CT molecular complexity index is 416. The highest BCUT2D eigenvalue weighted by Crippen LogP contribution is 2.46. The van der Waals surface area contributed by atoms with Gasteiger partial charge < -0.3 is 10.8 Å². The zero-order valence-corrected chi connectivity index (χ0v) is 13.0. The van der Waals surface area contributed by atoms with E-state index in [2.05, 4.69) is 13.8 Å². The molecule has 0 fully saturated rings. The number of carbonyl (C=O) groups is 2. The minimum Gasteiger partial charge on any atom is -0.478 e. The summed E-state index contributed by atoms with van der Waals surface area (Å²) < 4.78 is 0. The highest BCUT2D eigenvalue weighted by Gasteiger charge is 2.44. The molecule has 1 aliphatic carbocycles. The largest absolute Gasteiger partial charge is 0.478 e. The van der Waals surface area contributed by atoms with Crippen molar-refractivity contribution in [3.05, 3.63) is 11.6 Å². The van der Waals surface area contributed by atoms with Crippen LogP contribution in [0.5, 0.6) is 0 Å². The van der Waals surface area contributed by atoms with Gasteiger partial charge >= 0.3 is 5.97 Å². The molecule has 0 saturated carbocycles. The summed E-state index contributed by atoms with van der Waals surface area (Å²) in [6.07, 6.45) is 3.66. The summed E-state index contributed by atoms with van der Waals surface area (Å²) in [5.74, 6) is -0.0131. The molecule has 0 spiro atoms. The van der Waals surface area contributed by atoms with E-state index in [1.165, 1.54) is 0 Å². The van der Waals surface area contributed by atoms with Gasteiger partial charge in [-0.25, -0.2) is 4.79 Å². The van der Waals surface area contributed by atoms with Gasteiger partial charge in [0.15, 0.2) is 0 Å². The lowest BCUT2D eigenvalue weighted by molar-refractivity contribution is -0.135. The van der Waals surface area contributed by atoms with Crippen molar-refractivity contribution in [2.24, 2.45) is 28.9 Å². The SMILES string of the molecule is CC(=O)[C@@]1(C[C@H](C)[C@@H](C)CN)CCC(C(=O)O)=C[C@@H]1C. The molecular weight excluding hydrogens is 254 g/mol. The predicted octanol–water partition coefficient (Wildman–Crippen LogP) is 2.62. The van der Waals surface area contributed by atoms with Crippen molar-refractivity contribution in [3.63, 3.8) is 0 Å². The Kier molecular flexibility index (Phi) is 5.51. The number of nitrogens with two attached hydrogens (primary N) is 1. The minimum atomic E-state index is -0.864. The van der Waals surface area contributed by atoms with Gasteiger partial charge in [0.1, 0.15) is 5.78 Å². The summed E-state index contributed by atoms with van der Waals surface area (Å²) in [6, 6.07) is 0. The van der Waals surface area contributed by atoms with Crippen LogP contribution in [-0.2, 0) is 9.59 Å². The standard InChI is InChI=1S/C16H27NO3/c1-10(11(2)9-17)8-16(13(4)18)6-5-14(15(19)20)7-12(16)3/h7,10-12H,5-6,8-9,17H2,1-4H3,(H,19,20)/t10-,11-,12-,16+/m0/s1. The van der Waals surface area contributed by atoms with E-state index in [9.17, 15) is 9.59 Å². The maximum atomic E-state index is 12.2. The molecule has 0 aromatic rings. The average molecular weight is 281 g/mol. The number of carboxylic acids is 1. The molecule has 0 aliphatic heterocycles. The molecule has 4 atom stereocenters. The highest BCUT2D eigenvalue weighted by molar-refractivity contribution is 5.89. The summed E-state index contributed by atoms with van der Waals surface area (Å²) in [5, 5.41) is 9.10. The van der Waals surface area contributed by atoms with E-state index < -0.39 is 11.4 Å². The Hall–Kier alpha value is -1.16. The zero-order chi connectivity index (χ0) is 15.5. The summed E-state index contributed by atoms with van der Waals surface area (Å²) >= 11 is 0. The molecule has 114 valence electrons. The van der Waals surface area contributed by atoms with Crippen LogP contribution < -0.4 is 5.73 Å². The van der Waals surface area contributed by atoms with Crippen molar-refractivity contribution in [2.45, 2.75) is 47.0 Å². The molecule has 0 aromatic carbocycles. The quantitative estimate of drug-likeness (QED) is 0.784. The lowest BCUT2D eigenvalue weighted by Crippen LogP contribution is -2.41. The average Bonchev–Trinajstić information content (AvgIpc) is 2.39. The third-order valence-electron chi connectivity index (χ3n) is 5.17. The molecular formula is C16H27NO3. The smallest absolute Gasteiger partial charge is 0.331 e. The molecule has 0 bridgehead atoms. The Morgan fingerprint density at radius 1 is 1.45 bits per heavy atom. The Balaban J connectivity index is 3.01. The summed E-state index contributed by atoms with van der Waals surface area (Å²) in [7, 11) is 0. The number of hydrogen-bond donors (Lipinski definition) is 2. The molecule has 1 rings (SSSR count). The third kappa shape index (κ3) is 3.29. The zero-order valence-electron chi connectivity index (χ0n) is 13.0. The van der Waals surface area contributed by atoms with Crippen molar-refractivity contribution in [3.8, 4) is 0 Å². The molecule has 4 nitrogen and oxygen atoms in total. The maximum absolute atomic E-state index is 12.2. The molecule has 0 aromatic heterocycles. The summed E-state index contributed by atoms with van der Waals surface area (Å²) in [5.41, 5.74) is 5.73. The van der Waals surface area contributed by atoms with Crippen molar-refractivity contribution < 1.29 is 14.7 Å². The first-order valence-corrected chi connectivity index (χ1v) is 7.39. The van der Waals surface area contributed by atoms with E-state index in [1.54, 1.807) is 13.0 Å². The van der Waals surface area contributed by atoms with E-state index in [-0.39, 0.29) is 11.7 Å². The topological polar surface area (TPSA) is 80.4 Å². The first kappa shape index (κ1) is 16.9. The number of carboxylic acid groups (broad SMARTS) is 1. The van der Waals surface area contributed by atoms with Gasteiger partial charge in [0.25, 0.3) is 0 Å². The second-order valence-electron chi connectivity index (χ2n) is 6.39. The van der Waals surface area contributed by atoms with Crippen LogP contribution in [0.15, 0.2) is 11.6 Å². The fraction of sp³-hybridized carbons (Fsp3) is 0.750. The summed E-state index contributed by atoms with van der Waals surface area (Å²) in [6.45, 7) is 8.44. The molecule has 0 heterocycles. The van der Waals surface area contributed by atoms with Gasteiger partial charge in [-0.1, -0.05) is 26.8 Å².